The molecule has 100 valence electrons. The Kier molecular flexibility index (Phi) is 3.17. The summed E-state index contributed by atoms with van der Waals surface area (Å²) in [6.45, 7) is 1.96. The molecule has 1 aliphatic rings. The Balaban J connectivity index is 2.07. The Morgan fingerprint density at radius 1 is 1.21 bits per heavy atom. The van der Waals surface area contributed by atoms with Crippen molar-refractivity contribution in [1.82, 2.24) is 9.88 Å². The van der Waals surface area contributed by atoms with Gasteiger partial charge in [0.15, 0.2) is 0 Å². The van der Waals surface area contributed by atoms with Gasteiger partial charge >= 0.3 is 0 Å². The number of nitrogens with zero attached hydrogens (tertiary/aromatic N) is 1. The molecule has 0 radical (unpaired) electrons. The van der Waals surface area contributed by atoms with Crippen molar-refractivity contribution >= 4 is 0 Å². The fourth-order valence-electron chi connectivity index (χ4n) is 2.66. The van der Waals surface area contributed by atoms with Crippen LogP contribution in [0.4, 0.5) is 0 Å². The third kappa shape index (κ3) is 2.08. The zero-order valence-electron chi connectivity index (χ0n) is 11.2. The highest BCUT2D eigenvalue weighted by molar-refractivity contribution is 5.45. The van der Waals surface area contributed by atoms with E-state index in [1.54, 1.807) is 14.2 Å². The standard InChI is InChI=1S/C15H18N2O2/c1-18-11-5-6-14(19-2)12(10-11)15-13-4-3-8-17(13)9-7-16-15/h3-6,8,10,15-16H,7,9H2,1-2H3. The first-order valence-electron chi connectivity index (χ1n) is 6.44. The molecule has 0 amide bonds. The lowest BCUT2D eigenvalue weighted by molar-refractivity contribution is 0.386. The van der Waals surface area contributed by atoms with E-state index in [1.807, 2.05) is 18.2 Å². The molecule has 1 N–H and O–H groups in total. The summed E-state index contributed by atoms with van der Waals surface area (Å²) in [5, 5.41) is 3.55. The fourth-order valence-corrected chi connectivity index (χ4v) is 2.66. The summed E-state index contributed by atoms with van der Waals surface area (Å²) < 4.78 is 13.1. The maximum absolute atomic E-state index is 5.48. The molecule has 1 aromatic carbocycles. The molecule has 0 saturated carbocycles. The first-order valence-corrected chi connectivity index (χ1v) is 6.44. The molecule has 3 rings (SSSR count). The summed E-state index contributed by atoms with van der Waals surface area (Å²) in [5.41, 5.74) is 2.37. The highest BCUT2D eigenvalue weighted by Gasteiger charge is 2.24. The Hall–Kier alpha value is -1.94. The van der Waals surface area contributed by atoms with Crippen molar-refractivity contribution in [2.75, 3.05) is 20.8 Å². The van der Waals surface area contributed by atoms with Crippen LogP contribution in [0.2, 0.25) is 0 Å². The normalized spacial score (nSPS) is 17.9. The zero-order valence-corrected chi connectivity index (χ0v) is 11.2. The number of ether oxygens (including phenoxy) is 2. The van der Waals surface area contributed by atoms with Crippen LogP contribution in [-0.4, -0.2) is 25.3 Å². The second kappa shape index (κ2) is 4.97. The number of hydrogen-bond donors (Lipinski definition) is 1. The van der Waals surface area contributed by atoms with E-state index in [0.29, 0.717) is 0 Å². The Bertz CT molecular complexity index is 577. The largest absolute Gasteiger partial charge is 0.497 e. The van der Waals surface area contributed by atoms with Crippen LogP contribution in [-0.2, 0) is 6.54 Å². The maximum Gasteiger partial charge on any atom is 0.124 e. The van der Waals surface area contributed by atoms with E-state index in [4.69, 9.17) is 9.47 Å². The Morgan fingerprint density at radius 2 is 2.11 bits per heavy atom. The summed E-state index contributed by atoms with van der Waals surface area (Å²) in [4.78, 5) is 0. The van der Waals surface area contributed by atoms with Crippen molar-refractivity contribution in [3.05, 3.63) is 47.8 Å². The van der Waals surface area contributed by atoms with Crippen molar-refractivity contribution in [3.8, 4) is 11.5 Å². The van der Waals surface area contributed by atoms with E-state index in [9.17, 15) is 0 Å². The van der Waals surface area contributed by atoms with Crippen LogP contribution in [0, 0.1) is 0 Å². The van der Waals surface area contributed by atoms with Crippen LogP contribution in [0.25, 0.3) is 0 Å². The van der Waals surface area contributed by atoms with Gasteiger partial charge in [-0.2, -0.15) is 0 Å². The first-order chi connectivity index (χ1) is 9.33. The number of methoxy groups -OCH3 is 2. The minimum absolute atomic E-state index is 0.147. The molecule has 1 atom stereocenters. The number of nitrogens with one attached hydrogen (secondary N) is 1. The van der Waals surface area contributed by atoms with Gasteiger partial charge in [-0.25, -0.2) is 0 Å². The van der Waals surface area contributed by atoms with Gasteiger partial charge in [-0.05, 0) is 30.3 Å². The van der Waals surface area contributed by atoms with Crippen LogP contribution in [0.15, 0.2) is 36.5 Å². The molecule has 19 heavy (non-hydrogen) atoms. The molecule has 0 spiro atoms. The van der Waals surface area contributed by atoms with E-state index in [1.165, 1.54) is 5.69 Å². The summed E-state index contributed by atoms with van der Waals surface area (Å²) in [7, 11) is 3.38. The van der Waals surface area contributed by atoms with Gasteiger partial charge in [-0.3, -0.25) is 0 Å². The number of benzene rings is 1. The molecular weight excluding hydrogens is 240 g/mol. The van der Waals surface area contributed by atoms with Crippen LogP contribution in [0.3, 0.4) is 0 Å². The molecule has 2 heterocycles. The van der Waals surface area contributed by atoms with E-state index in [-0.39, 0.29) is 6.04 Å². The zero-order chi connectivity index (χ0) is 13.2. The second-order valence-corrected chi connectivity index (χ2v) is 4.62. The summed E-state index contributed by atoms with van der Waals surface area (Å²) in [6.07, 6.45) is 2.12. The topological polar surface area (TPSA) is 35.4 Å². The molecular formula is C15H18N2O2. The third-order valence-electron chi connectivity index (χ3n) is 3.61. The highest BCUT2D eigenvalue weighted by Crippen LogP contribution is 2.34. The number of fused-ring (bicyclic) bond motifs is 1. The molecule has 4 heteroatoms. The number of hydrogen-bond acceptors (Lipinski definition) is 3. The number of rotatable bonds is 3. The van der Waals surface area contributed by atoms with Gasteiger partial charge in [-0.15, -0.1) is 0 Å². The Morgan fingerprint density at radius 3 is 2.89 bits per heavy atom. The van der Waals surface area contributed by atoms with Gasteiger partial charge in [0.2, 0.25) is 0 Å². The number of aromatic nitrogens is 1. The second-order valence-electron chi connectivity index (χ2n) is 4.62. The summed E-state index contributed by atoms with van der Waals surface area (Å²) in [5.74, 6) is 1.73. The molecule has 2 aromatic rings. The lowest BCUT2D eigenvalue weighted by Gasteiger charge is -2.28. The van der Waals surface area contributed by atoms with E-state index in [0.717, 1.165) is 30.2 Å². The third-order valence-corrected chi connectivity index (χ3v) is 3.61. The summed E-state index contributed by atoms with van der Waals surface area (Å²) >= 11 is 0. The van der Waals surface area contributed by atoms with Gasteiger partial charge < -0.3 is 19.4 Å². The highest BCUT2D eigenvalue weighted by atomic mass is 16.5. The average Bonchev–Trinajstić information content (AvgIpc) is 2.94. The van der Waals surface area contributed by atoms with Gasteiger partial charge in [0, 0.05) is 30.5 Å². The smallest absolute Gasteiger partial charge is 0.124 e. The van der Waals surface area contributed by atoms with Crippen molar-refractivity contribution in [2.45, 2.75) is 12.6 Å². The van der Waals surface area contributed by atoms with Crippen LogP contribution < -0.4 is 14.8 Å². The molecule has 0 saturated heterocycles. The average molecular weight is 258 g/mol. The van der Waals surface area contributed by atoms with Gasteiger partial charge in [-0.1, -0.05) is 0 Å². The molecule has 1 aliphatic heterocycles. The van der Waals surface area contributed by atoms with Crippen LogP contribution in [0.1, 0.15) is 17.3 Å². The minimum Gasteiger partial charge on any atom is -0.497 e. The Labute approximate surface area is 113 Å². The molecule has 4 nitrogen and oxygen atoms in total. The summed E-state index contributed by atoms with van der Waals surface area (Å²) in [6, 6.07) is 10.3. The predicted molar refractivity (Wildman–Crippen MR) is 73.8 cm³/mol. The predicted octanol–water partition coefficient (Wildman–Crippen LogP) is 2.20. The van der Waals surface area contributed by atoms with Crippen molar-refractivity contribution < 1.29 is 9.47 Å². The van der Waals surface area contributed by atoms with Crippen molar-refractivity contribution in [1.29, 1.82) is 0 Å². The molecule has 1 aromatic heterocycles. The lowest BCUT2D eigenvalue weighted by Crippen LogP contribution is -2.33. The SMILES string of the molecule is COc1ccc(OC)c(C2NCCn3cccc32)c1. The fraction of sp³-hybridized carbons (Fsp3) is 0.333. The van der Waals surface area contributed by atoms with Crippen LogP contribution in [0.5, 0.6) is 11.5 Å². The van der Waals surface area contributed by atoms with Crippen molar-refractivity contribution in [3.63, 3.8) is 0 Å². The first kappa shape index (κ1) is 12.1. The van der Waals surface area contributed by atoms with Crippen molar-refractivity contribution in [2.24, 2.45) is 0 Å². The molecule has 0 aliphatic carbocycles. The molecule has 0 fully saturated rings. The van der Waals surface area contributed by atoms with E-state index >= 15 is 0 Å². The lowest BCUT2D eigenvalue weighted by atomic mass is 10.0. The van der Waals surface area contributed by atoms with E-state index in [2.05, 4.69) is 28.2 Å². The van der Waals surface area contributed by atoms with Gasteiger partial charge in [0.05, 0.1) is 20.3 Å². The van der Waals surface area contributed by atoms with E-state index < -0.39 is 0 Å². The quantitative estimate of drug-likeness (QED) is 0.916. The molecule has 1 unspecified atom stereocenters. The van der Waals surface area contributed by atoms with Gasteiger partial charge in [0.1, 0.15) is 11.5 Å². The monoisotopic (exact) mass is 258 g/mol. The maximum atomic E-state index is 5.48. The molecule has 0 bridgehead atoms. The van der Waals surface area contributed by atoms with Gasteiger partial charge in [0.25, 0.3) is 0 Å². The van der Waals surface area contributed by atoms with Crippen LogP contribution >= 0.6 is 0 Å². The minimum atomic E-state index is 0.147.